The lowest BCUT2D eigenvalue weighted by Gasteiger charge is -2.34. The largest absolute Gasteiger partial charge is 0.447 e. The Kier molecular flexibility index (Phi) is 3.64. The minimum Gasteiger partial charge on any atom is -0.447 e. The number of ketones is 1. The fraction of sp³-hybridized carbons (Fsp3) is 0.556. The van der Waals surface area contributed by atoms with Gasteiger partial charge in [-0.05, 0) is 13.0 Å². The molecule has 1 fully saturated rings. The van der Waals surface area contributed by atoms with Gasteiger partial charge in [-0.3, -0.25) is 4.79 Å². The fourth-order valence-corrected chi connectivity index (χ4v) is 1.15. The Labute approximate surface area is 82.9 Å². The molecule has 0 aromatic rings. The van der Waals surface area contributed by atoms with Crippen LogP contribution in [0.4, 0.5) is 4.79 Å². The van der Waals surface area contributed by atoms with Crippen LogP contribution >= 0.6 is 0 Å². The molecule has 1 aliphatic heterocycles. The summed E-state index contributed by atoms with van der Waals surface area (Å²) >= 11 is 0. The van der Waals surface area contributed by atoms with E-state index in [2.05, 4.69) is 0 Å². The van der Waals surface area contributed by atoms with Gasteiger partial charge in [0.05, 0.1) is 6.54 Å². The van der Waals surface area contributed by atoms with Crippen molar-refractivity contribution in [1.29, 1.82) is 0 Å². The van der Waals surface area contributed by atoms with E-state index in [0.717, 1.165) is 0 Å². The standard InChI is InChI=1S/C9H14N2O3/c1-8(12)4-3-5-11-6-7-14-9(13)10(11)2/h3-4H,5-7H2,1-2H3/b4-3+. The van der Waals surface area contributed by atoms with Gasteiger partial charge < -0.3 is 4.74 Å². The highest BCUT2D eigenvalue weighted by molar-refractivity contribution is 5.87. The molecule has 78 valence electrons. The monoisotopic (exact) mass is 198 g/mol. The smallest absolute Gasteiger partial charge is 0.424 e. The van der Waals surface area contributed by atoms with Crippen molar-refractivity contribution >= 4 is 11.9 Å². The number of ether oxygens (including phenoxy) is 1. The van der Waals surface area contributed by atoms with Crippen molar-refractivity contribution in [2.24, 2.45) is 0 Å². The molecule has 0 saturated carbocycles. The molecule has 5 heteroatoms. The molecule has 0 unspecified atom stereocenters. The van der Waals surface area contributed by atoms with Crippen LogP contribution in [0.5, 0.6) is 0 Å². The predicted octanol–water partition coefficient (Wildman–Crippen LogP) is 0.431. The lowest BCUT2D eigenvalue weighted by Crippen LogP contribution is -2.50. The first kappa shape index (κ1) is 10.7. The number of rotatable bonds is 3. The summed E-state index contributed by atoms with van der Waals surface area (Å²) in [5.74, 6) is 0.00670. The zero-order valence-electron chi connectivity index (χ0n) is 8.40. The zero-order valence-corrected chi connectivity index (χ0v) is 8.40. The second kappa shape index (κ2) is 4.76. The van der Waals surface area contributed by atoms with E-state index in [1.165, 1.54) is 18.0 Å². The molecule has 0 bridgehead atoms. The molecule has 0 spiro atoms. The highest BCUT2D eigenvalue weighted by Gasteiger charge is 2.22. The van der Waals surface area contributed by atoms with Crippen LogP contribution in [0.3, 0.4) is 0 Å². The van der Waals surface area contributed by atoms with Crippen molar-refractivity contribution in [3.8, 4) is 0 Å². The third-order valence-corrected chi connectivity index (χ3v) is 1.93. The van der Waals surface area contributed by atoms with Gasteiger partial charge in [0.1, 0.15) is 6.61 Å². The lowest BCUT2D eigenvalue weighted by atomic mass is 10.4. The molecule has 0 aromatic carbocycles. The summed E-state index contributed by atoms with van der Waals surface area (Å²) < 4.78 is 4.80. The average molecular weight is 198 g/mol. The van der Waals surface area contributed by atoms with Crippen molar-refractivity contribution in [2.75, 3.05) is 26.7 Å². The van der Waals surface area contributed by atoms with Crippen molar-refractivity contribution in [3.63, 3.8) is 0 Å². The molecule has 1 aliphatic rings. The number of carbonyl (C=O) groups is 2. The number of hydrazine groups is 1. The van der Waals surface area contributed by atoms with Crippen LogP contribution in [0.25, 0.3) is 0 Å². The van der Waals surface area contributed by atoms with E-state index in [1.807, 2.05) is 5.01 Å². The molecule has 0 N–H and O–H groups in total. The van der Waals surface area contributed by atoms with E-state index in [9.17, 15) is 9.59 Å². The van der Waals surface area contributed by atoms with Gasteiger partial charge in [0.25, 0.3) is 0 Å². The molecule has 1 saturated heterocycles. The van der Waals surface area contributed by atoms with Crippen molar-refractivity contribution in [2.45, 2.75) is 6.92 Å². The Bertz CT molecular complexity index is 263. The SMILES string of the molecule is CC(=O)/C=C/CN1CCOC(=O)N1C. The maximum absolute atomic E-state index is 11.1. The second-order valence-electron chi connectivity index (χ2n) is 3.06. The van der Waals surface area contributed by atoms with Crippen LogP contribution in [0.1, 0.15) is 6.92 Å². The minimum atomic E-state index is -0.354. The van der Waals surface area contributed by atoms with E-state index >= 15 is 0 Å². The zero-order chi connectivity index (χ0) is 10.6. The summed E-state index contributed by atoms with van der Waals surface area (Å²) in [6.07, 6.45) is 2.87. The number of hydrogen-bond acceptors (Lipinski definition) is 4. The molecule has 1 amide bonds. The normalized spacial score (nSPS) is 18.7. The van der Waals surface area contributed by atoms with Crippen LogP contribution in [-0.2, 0) is 9.53 Å². The highest BCUT2D eigenvalue weighted by Crippen LogP contribution is 2.04. The van der Waals surface area contributed by atoms with Gasteiger partial charge >= 0.3 is 6.09 Å². The summed E-state index contributed by atoms with van der Waals surface area (Å²) in [5.41, 5.74) is 0. The van der Waals surface area contributed by atoms with Gasteiger partial charge in [-0.15, -0.1) is 0 Å². The number of carbonyl (C=O) groups excluding carboxylic acids is 2. The summed E-state index contributed by atoms with van der Waals surface area (Å²) in [6, 6.07) is 0. The van der Waals surface area contributed by atoms with Crippen LogP contribution in [-0.4, -0.2) is 48.6 Å². The van der Waals surface area contributed by atoms with E-state index in [0.29, 0.717) is 19.7 Å². The molecule has 1 rings (SSSR count). The summed E-state index contributed by atoms with van der Waals surface area (Å²) in [5, 5.41) is 3.22. The lowest BCUT2D eigenvalue weighted by molar-refractivity contribution is -0.112. The molecule has 0 aromatic heterocycles. The highest BCUT2D eigenvalue weighted by atomic mass is 16.6. The summed E-state index contributed by atoms with van der Waals surface area (Å²) in [7, 11) is 1.64. The molecule has 14 heavy (non-hydrogen) atoms. The first-order valence-electron chi connectivity index (χ1n) is 4.43. The molecule has 0 aliphatic carbocycles. The van der Waals surface area contributed by atoms with Crippen LogP contribution in [0.15, 0.2) is 12.2 Å². The Morgan fingerprint density at radius 1 is 1.64 bits per heavy atom. The fourth-order valence-electron chi connectivity index (χ4n) is 1.15. The van der Waals surface area contributed by atoms with Crippen molar-refractivity contribution in [3.05, 3.63) is 12.2 Å². The first-order valence-corrected chi connectivity index (χ1v) is 4.43. The Morgan fingerprint density at radius 3 is 3.00 bits per heavy atom. The van der Waals surface area contributed by atoms with E-state index in [4.69, 9.17) is 4.74 Å². The van der Waals surface area contributed by atoms with Crippen molar-refractivity contribution < 1.29 is 14.3 Å². The van der Waals surface area contributed by atoms with E-state index in [1.54, 1.807) is 13.1 Å². The third kappa shape index (κ3) is 2.85. The van der Waals surface area contributed by atoms with Gasteiger partial charge in [0.15, 0.2) is 5.78 Å². The Morgan fingerprint density at radius 2 is 2.36 bits per heavy atom. The average Bonchev–Trinajstić information content (AvgIpc) is 2.12. The predicted molar refractivity (Wildman–Crippen MR) is 50.5 cm³/mol. The maximum atomic E-state index is 11.1. The molecular weight excluding hydrogens is 184 g/mol. The van der Waals surface area contributed by atoms with E-state index < -0.39 is 0 Å². The third-order valence-electron chi connectivity index (χ3n) is 1.93. The molecule has 0 atom stereocenters. The van der Waals surface area contributed by atoms with Gasteiger partial charge in [-0.1, -0.05) is 6.08 Å². The van der Waals surface area contributed by atoms with Gasteiger partial charge in [0.2, 0.25) is 0 Å². The van der Waals surface area contributed by atoms with Crippen LogP contribution in [0, 0.1) is 0 Å². The summed E-state index contributed by atoms with van der Waals surface area (Å²) in [4.78, 5) is 21.7. The topological polar surface area (TPSA) is 49.9 Å². The number of allylic oxidation sites excluding steroid dienone is 1. The van der Waals surface area contributed by atoms with Crippen molar-refractivity contribution in [1.82, 2.24) is 10.0 Å². The Balaban J connectivity index is 2.43. The first-order chi connectivity index (χ1) is 6.61. The molecule has 1 heterocycles. The number of amides is 1. The second-order valence-corrected chi connectivity index (χ2v) is 3.06. The Hall–Kier alpha value is -1.36. The van der Waals surface area contributed by atoms with Crippen LogP contribution in [0.2, 0.25) is 0 Å². The quantitative estimate of drug-likeness (QED) is 0.617. The van der Waals surface area contributed by atoms with Gasteiger partial charge in [0, 0.05) is 13.6 Å². The number of cyclic esters (lactones) is 1. The van der Waals surface area contributed by atoms with Crippen LogP contribution < -0.4 is 0 Å². The molecular formula is C9H14N2O3. The minimum absolute atomic E-state index is 0.00670. The molecule has 0 radical (unpaired) electrons. The number of hydrogen-bond donors (Lipinski definition) is 0. The maximum Gasteiger partial charge on any atom is 0.424 e. The van der Waals surface area contributed by atoms with Gasteiger partial charge in [-0.2, -0.15) is 0 Å². The summed E-state index contributed by atoms with van der Waals surface area (Å²) in [6.45, 7) is 3.09. The molecule has 5 nitrogen and oxygen atoms in total. The number of nitrogens with zero attached hydrogens (tertiary/aromatic N) is 2. The van der Waals surface area contributed by atoms with Gasteiger partial charge in [-0.25, -0.2) is 14.8 Å². The van der Waals surface area contributed by atoms with E-state index in [-0.39, 0.29) is 11.9 Å².